The third-order valence-electron chi connectivity index (χ3n) is 4.75. The van der Waals surface area contributed by atoms with Gasteiger partial charge in [0, 0.05) is 17.3 Å². The van der Waals surface area contributed by atoms with Gasteiger partial charge in [0.15, 0.2) is 0 Å². The minimum Gasteiger partial charge on any atom is -0.462 e. The first-order valence-corrected chi connectivity index (χ1v) is 8.48. The number of ketones is 1. The van der Waals surface area contributed by atoms with Crippen LogP contribution in [-0.4, -0.2) is 23.9 Å². The summed E-state index contributed by atoms with van der Waals surface area (Å²) in [7, 11) is 0. The van der Waals surface area contributed by atoms with Crippen LogP contribution in [0.4, 0.5) is 0 Å². The molecule has 1 unspecified atom stereocenters. The summed E-state index contributed by atoms with van der Waals surface area (Å²) < 4.78 is 5.44. The molecule has 122 valence electrons. The summed E-state index contributed by atoms with van der Waals surface area (Å²) in [6.45, 7) is 0. The van der Waals surface area contributed by atoms with Gasteiger partial charge in [0.25, 0.3) is 0 Å². The Morgan fingerprint density at radius 3 is 2.23 bits per heavy atom. The Bertz CT molecular complexity index is 434. The summed E-state index contributed by atoms with van der Waals surface area (Å²) in [5.41, 5.74) is 8.65. The molecule has 0 N–H and O–H groups in total. The molecule has 0 aromatic heterocycles. The van der Waals surface area contributed by atoms with E-state index < -0.39 is 12.0 Å². The molecule has 0 bridgehead atoms. The average molecular weight is 307 g/mol. The number of nitrogens with zero attached hydrogens (tertiary/aromatic N) is 3. The van der Waals surface area contributed by atoms with Crippen LogP contribution in [0.25, 0.3) is 10.4 Å². The first-order chi connectivity index (χ1) is 10.7. The van der Waals surface area contributed by atoms with Gasteiger partial charge in [-0.2, -0.15) is 0 Å². The zero-order valence-corrected chi connectivity index (χ0v) is 13.1. The lowest BCUT2D eigenvalue weighted by molar-refractivity contribution is -0.153. The Balaban J connectivity index is 1.88. The van der Waals surface area contributed by atoms with Crippen LogP contribution in [0.5, 0.6) is 0 Å². The molecular weight excluding hydrogens is 282 g/mol. The fourth-order valence-corrected chi connectivity index (χ4v) is 3.44. The lowest BCUT2D eigenvalue weighted by atomic mass is 9.84. The maximum absolute atomic E-state index is 12.3. The molecule has 2 fully saturated rings. The molecule has 0 saturated heterocycles. The molecule has 0 aromatic rings. The Labute approximate surface area is 131 Å². The number of hydrogen-bond acceptors (Lipinski definition) is 4. The molecule has 6 heteroatoms. The maximum Gasteiger partial charge on any atom is 0.315 e. The van der Waals surface area contributed by atoms with Gasteiger partial charge in [-0.05, 0) is 44.1 Å². The van der Waals surface area contributed by atoms with E-state index in [1.165, 1.54) is 12.8 Å². The van der Waals surface area contributed by atoms with Crippen LogP contribution in [0.1, 0.15) is 70.6 Å². The van der Waals surface area contributed by atoms with Gasteiger partial charge in [0.2, 0.25) is 0 Å². The molecule has 2 rings (SSSR count). The molecule has 2 aliphatic carbocycles. The number of carbonyl (C=O) groups excluding carboxylic acids is 2. The highest BCUT2D eigenvalue weighted by atomic mass is 16.5. The van der Waals surface area contributed by atoms with Crippen molar-refractivity contribution in [3.63, 3.8) is 0 Å². The average Bonchev–Trinajstić information content (AvgIpc) is 2.56. The molecule has 0 amide bonds. The highest BCUT2D eigenvalue weighted by molar-refractivity contribution is 5.88. The van der Waals surface area contributed by atoms with Crippen molar-refractivity contribution in [1.29, 1.82) is 0 Å². The van der Waals surface area contributed by atoms with Crippen LogP contribution >= 0.6 is 0 Å². The Morgan fingerprint density at radius 1 is 1.05 bits per heavy atom. The molecule has 0 radical (unpaired) electrons. The third-order valence-corrected chi connectivity index (χ3v) is 4.75. The number of rotatable bonds is 6. The topological polar surface area (TPSA) is 92.1 Å². The van der Waals surface area contributed by atoms with E-state index in [4.69, 9.17) is 10.3 Å². The van der Waals surface area contributed by atoms with Crippen molar-refractivity contribution in [1.82, 2.24) is 0 Å². The second-order valence-corrected chi connectivity index (χ2v) is 6.42. The molecule has 22 heavy (non-hydrogen) atoms. The van der Waals surface area contributed by atoms with Crippen LogP contribution < -0.4 is 0 Å². The number of azide groups is 1. The van der Waals surface area contributed by atoms with E-state index in [-0.39, 0.29) is 24.2 Å². The van der Waals surface area contributed by atoms with E-state index in [1.54, 1.807) is 0 Å². The largest absolute Gasteiger partial charge is 0.462 e. The molecule has 0 spiro atoms. The first kappa shape index (κ1) is 16.8. The zero-order valence-electron chi connectivity index (χ0n) is 13.1. The molecule has 1 atom stereocenters. The smallest absolute Gasteiger partial charge is 0.315 e. The number of Topliss-reactive ketones (excluding diaryl/α,β-unsaturated/α-hetero) is 1. The van der Waals surface area contributed by atoms with Gasteiger partial charge >= 0.3 is 5.97 Å². The van der Waals surface area contributed by atoms with Crippen molar-refractivity contribution >= 4 is 11.8 Å². The lowest BCUT2D eigenvalue weighted by Gasteiger charge is -2.24. The summed E-state index contributed by atoms with van der Waals surface area (Å²) in [5, 5.41) is 3.51. The van der Waals surface area contributed by atoms with E-state index in [0.717, 1.165) is 51.4 Å². The predicted octanol–water partition coefficient (Wildman–Crippen LogP) is 4.08. The van der Waals surface area contributed by atoms with Gasteiger partial charge < -0.3 is 4.74 Å². The fraction of sp³-hybridized carbons (Fsp3) is 0.875. The second kappa shape index (κ2) is 8.79. The second-order valence-electron chi connectivity index (χ2n) is 6.42. The predicted molar refractivity (Wildman–Crippen MR) is 82.1 cm³/mol. The van der Waals surface area contributed by atoms with Gasteiger partial charge in [-0.25, -0.2) is 0 Å². The zero-order chi connectivity index (χ0) is 15.8. The SMILES string of the molecule is [N-]=[N+]=NC(CC(=O)C1CCCCC1)C(=O)OC1CCCCC1. The summed E-state index contributed by atoms with van der Waals surface area (Å²) in [4.78, 5) is 27.2. The van der Waals surface area contributed by atoms with Crippen molar-refractivity contribution in [3.8, 4) is 0 Å². The van der Waals surface area contributed by atoms with Gasteiger partial charge in [-0.3, -0.25) is 9.59 Å². The summed E-state index contributed by atoms with van der Waals surface area (Å²) >= 11 is 0. The highest BCUT2D eigenvalue weighted by Crippen LogP contribution is 2.27. The number of ether oxygens (including phenoxy) is 1. The minimum absolute atomic E-state index is 0.0136. The Hall–Kier alpha value is -1.55. The van der Waals surface area contributed by atoms with E-state index in [9.17, 15) is 9.59 Å². The minimum atomic E-state index is -0.999. The van der Waals surface area contributed by atoms with E-state index in [2.05, 4.69) is 10.0 Å². The normalized spacial score (nSPS) is 21.6. The number of hydrogen-bond donors (Lipinski definition) is 0. The Morgan fingerprint density at radius 2 is 1.64 bits per heavy atom. The molecule has 2 aliphatic rings. The van der Waals surface area contributed by atoms with Gasteiger partial charge in [-0.1, -0.05) is 30.8 Å². The summed E-state index contributed by atoms with van der Waals surface area (Å²) in [6, 6.07) is -0.999. The quantitative estimate of drug-likeness (QED) is 0.320. The van der Waals surface area contributed by atoms with Crippen LogP contribution in [0.15, 0.2) is 5.11 Å². The molecular formula is C16H25N3O3. The van der Waals surface area contributed by atoms with Crippen LogP contribution in [0.3, 0.4) is 0 Å². The highest BCUT2D eigenvalue weighted by Gasteiger charge is 2.29. The first-order valence-electron chi connectivity index (χ1n) is 8.48. The van der Waals surface area contributed by atoms with E-state index in [0.29, 0.717) is 0 Å². The Kier molecular flexibility index (Phi) is 6.72. The third kappa shape index (κ3) is 5.02. The molecule has 6 nitrogen and oxygen atoms in total. The van der Waals surface area contributed by atoms with Crippen molar-refractivity contribution in [2.75, 3.05) is 0 Å². The number of esters is 1. The van der Waals surface area contributed by atoms with Crippen LogP contribution in [0, 0.1) is 5.92 Å². The molecule has 0 aliphatic heterocycles. The van der Waals surface area contributed by atoms with Crippen molar-refractivity contribution < 1.29 is 14.3 Å². The maximum atomic E-state index is 12.3. The van der Waals surface area contributed by atoms with Crippen LogP contribution in [-0.2, 0) is 14.3 Å². The number of carbonyl (C=O) groups is 2. The standard InChI is InChI=1S/C16H25N3O3/c17-19-18-14(11-15(20)12-7-3-1-4-8-12)16(21)22-13-9-5-2-6-10-13/h12-14H,1-11H2. The molecule has 0 aromatic carbocycles. The van der Waals surface area contributed by atoms with Crippen molar-refractivity contribution in [2.24, 2.45) is 11.0 Å². The van der Waals surface area contributed by atoms with Crippen molar-refractivity contribution in [2.45, 2.75) is 82.8 Å². The monoisotopic (exact) mass is 307 g/mol. The summed E-state index contributed by atoms with van der Waals surface area (Å²) in [6.07, 6.45) is 10.0. The van der Waals surface area contributed by atoms with Crippen molar-refractivity contribution in [3.05, 3.63) is 10.4 Å². The molecule has 2 saturated carbocycles. The summed E-state index contributed by atoms with van der Waals surface area (Å²) in [5.74, 6) is -0.473. The van der Waals surface area contributed by atoms with Gasteiger partial charge in [-0.15, -0.1) is 0 Å². The van der Waals surface area contributed by atoms with Gasteiger partial charge in [0.05, 0.1) is 0 Å². The van der Waals surface area contributed by atoms with Crippen LogP contribution in [0.2, 0.25) is 0 Å². The van der Waals surface area contributed by atoms with E-state index >= 15 is 0 Å². The van der Waals surface area contributed by atoms with E-state index in [1.807, 2.05) is 0 Å². The molecule has 0 heterocycles. The fourth-order valence-electron chi connectivity index (χ4n) is 3.44. The van der Waals surface area contributed by atoms with Gasteiger partial charge in [0.1, 0.15) is 17.9 Å². The lowest BCUT2D eigenvalue weighted by Crippen LogP contribution is -2.31.